The van der Waals surface area contributed by atoms with Crippen LogP contribution in [0, 0.1) is 17.8 Å². The molecule has 0 radical (unpaired) electrons. The number of benzene rings is 1. The minimum Gasteiger partial charge on any atom is -0.508 e. The van der Waals surface area contributed by atoms with Crippen LogP contribution in [0.5, 0.6) is 5.75 Å². The van der Waals surface area contributed by atoms with Gasteiger partial charge in [-0.05, 0) is 48.6 Å². The van der Waals surface area contributed by atoms with E-state index in [4.69, 9.17) is 24.3 Å². The molecular weight excluding hydrogens is 434 g/mol. The molecule has 4 aliphatic rings. The third-order valence-corrected chi connectivity index (χ3v) is 8.46. The Bertz CT molecular complexity index is 820. The highest BCUT2D eigenvalue weighted by Gasteiger charge is 2.56. The van der Waals surface area contributed by atoms with Crippen LogP contribution >= 0.6 is 0 Å². The standard InChI is InChI=1S/C27H41NO6/c1-19(2)24-6-4-20(3)17-27(24)33-31-26(32-34-27)10-8-21(9-11-26)22-5-7-25(29)23(16-22)18-28-12-14-30-15-13-28/h5,7,16,19-21,24,29H,4,6,8-15,17-18H2,1-3H3/t20-,21?,24+,26?,27?/m1/s1. The summed E-state index contributed by atoms with van der Waals surface area (Å²) in [6.45, 7) is 10.8. The molecule has 1 aromatic rings. The first-order chi connectivity index (χ1) is 16.4. The molecule has 1 aromatic carbocycles. The summed E-state index contributed by atoms with van der Waals surface area (Å²) in [6.07, 6.45) is 6.33. The van der Waals surface area contributed by atoms with Crippen LogP contribution < -0.4 is 0 Å². The molecule has 0 aromatic heterocycles. The van der Waals surface area contributed by atoms with Crippen LogP contribution in [-0.2, 0) is 30.8 Å². The molecule has 7 heteroatoms. The third-order valence-electron chi connectivity index (χ3n) is 8.46. The lowest BCUT2D eigenvalue weighted by atomic mass is 9.73. The Morgan fingerprint density at radius 2 is 1.71 bits per heavy atom. The molecule has 190 valence electrons. The number of aromatic hydroxyl groups is 1. The molecule has 2 aliphatic carbocycles. The molecule has 0 unspecified atom stereocenters. The summed E-state index contributed by atoms with van der Waals surface area (Å²) in [5, 5.41) is 10.4. The van der Waals surface area contributed by atoms with Crippen LogP contribution in [0.4, 0.5) is 0 Å². The monoisotopic (exact) mass is 475 g/mol. The lowest BCUT2D eigenvalue weighted by Gasteiger charge is -2.51. The Hall–Kier alpha value is -1.22. The van der Waals surface area contributed by atoms with Crippen molar-refractivity contribution < 1.29 is 29.4 Å². The SMILES string of the molecule is CC(C)[C@@H]1CC[C@@H](C)CC12OOC1(CCC(c3ccc(O)c(CN4CCOCC4)c3)CC1)OO2. The predicted octanol–water partition coefficient (Wildman–Crippen LogP) is 5.28. The van der Waals surface area contributed by atoms with Gasteiger partial charge in [0.05, 0.1) is 13.2 Å². The van der Waals surface area contributed by atoms with Gasteiger partial charge in [-0.1, -0.05) is 39.3 Å². The smallest absolute Gasteiger partial charge is 0.237 e. The molecule has 2 heterocycles. The van der Waals surface area contributed by atoms with Gasteiger partial charge >= 0.3 is 0 Å². The van der Waals surface area contributed by atoms with E-state index in [1.54, 1.807) is 0 Å². The molecule has 7 nitrogen and oxygen atoms in total. The number of phenols is 1. The average molecular weight is 476 g/mol. The zero-order chi connectivity index (χ0) is 23.8. The maximum atomic E-state index is 10.4. The number of phenolic OH excluding ortho intramolecular Hbond substituents is 1. The van der Waals surface area contributed by atoms with Gasteiger partial charge in [0.2, 0.25) is 11.6 Å². The van der Waals surface area contributed by atoms with Crippen molar-refractivity contribution in [2.75, 3.05) is 26.3 Å². The summed E-state index contributed by atoms with van der Waals surface area (Å²) in [5.41, 5.74) is 2.26. The van der Waals surface area contributed by atoms with Crippen molar-refractivity contribution in [2.45, 2.75) is 89.8 Å². The Balaban J connectivity index is 1.20. The van der Waals surface area contributed by atoms with Crippen LogP contribution in [0.2, 0.25) is 0 Å². The van der Waals surface area contributed by atoms with Gasteiger partial charge in [0.1, 0.15) is 5.75 Å². The van der Waals surface area contributed by atoms with Crippen LogP contribution in [0.15, 0.2) is 18.2 Å². The summed E-state index contributed by atoms with van der Waals surface area (Å²) in [5.74, 6) is 0.375. The van der Waals surface area contributed by atoms with Gasteiger partial charge in [-0.3, -0.25) is 4.90 Å². The minimum absolute atomic E-state index is 0.263. The summed E-state index contributed by atoms with van der Waals surface area (Å²) < 4.78 is 5.45. The van der Waals surface area contributed by atoms with E-state index in [1.807, 2.05) is 6.07 Å². The van der Waals surface area contributed by atoms with Gasteiger partial charge in [-0.2, -0.15) is 19.6 Å². The fourth-order valence-corrected chi connectivity index (χ4v) is 6.32. The fraction of sp³-hybridized carbons (Fsp3) is 0.778. The van der Waals surface area contributed by atoms with Crippen LogP contribution in [0.25, 0.3) is 0 Å². The van der Waals surface area contributed by atoms with Crippen molar-refractivity contribution in [3.8, 4) is 5.75 Å². The molecule has 2 atom stereocenters. The summed E-state index contributed by atoms with van der Waals surface area (Å²) in [4.78, 5) is 26.7. The molecule has 2 aliphatic heterocycles. The second-order valence-corrected chi connectivity index (χ2v) is 11.3. The first-order valence-corrected chi connectivity index (χ1v) is 13.2. The number of nitrogens with zero attached hydrogens (tertiary/aromatic N) is 1. The number of morpholine rings is 1. The Morgan fingerprint density at radius 1 is 1.00 bits per heavy atom. The largest absolute Gasteiger partial charge is 0.508 e. The average Bonchev–Trinajstić information content (AvgIpc) is 2.84. The molecule has 0 amide bonds. The van der Waals surface area contributed by atoms with E-state index in [0.717, 1.165) is 76.9 Å². The second kappa shape index (κ2) is 10.0. The van der Waals surface area contributed by atoms with E-state index in [9.17, 15) is 5.11 Å². The molecule has 34 heavy (non-hydrogen) atoms. The lowest BCUT2D eigenvalue weighted by molar-refractivity contribution is -0.671. The third kappa shape index (κ3) is 5.01. The summed E-state index contributed by atoms with van der Waals surface area (Å²) >= 11 is 0. The normalized spacial score (nSPS) is 37.5. The number of rotatable bonds is 4. The molecule has 0 bridgehead atoms. The van der Waals surface area contributed by atoms with Gasteiger partial charge in [0.15, 0.2) is 0 Å². The number of hydrogen-bond donors (Lipinski definition) is 1. The van der Waals surface area contributed by atoms with Gasteiger partial charge in [-0.15, -0.1) is 0 Å². The number of ether oxygens (including phenoxy) is 1. The van der Waals surface area contributed by atoms with Crippen LogP contribution in [0.3, 0.4) is 0 Å². The van der Waals surface area contributed by atoms with E-state index in [0.29, 0.717) is 23.5 Å². The van der Waals surface area contributed by atoms with Gasteiger partial charge < -0.3 is 9.84 Å². The lowest BCUT2D eigenvalue weighted by Crippen LogP contribution is -2.58. The quantitative estimate of drug-likeness (QED) is 0.595. The second-order valence-electron chi connectivity index (χ2n) is 11.3. The van der Waals surface area contributed by atoms with Gasteiger partial charge in [-0.25, -0.2) is 0 Å². The zero-order valence-electron chi connectivity index (χ0n) is 21.0. The minimum atomic E-state index is -0.822. The molecule has 2 saturated carbocycles. The van der Waals surface area contributed by atoms with Crippen molar-refractivity contribution in [3.05, 3.63) is 29.3 Å². The Morgan fingerprint density at radius 3 is 2.38 bits per heavy atom. The molecular formula is C27H41NO6. The van der Waals surface area contributed by atoms with Crippen molar-refractivity contribution in [3.63, 3.8) is 0 Å². The molecule has 4 fully saturated rings. The van der Waals surface area contributed by atoms with Crippen molar-refractivity contribution in [1.82, 2.24) is 4.90 Å². The van der Waals surface area contributed by atoms with E-state index in [2.05, 4.69) is 37.8 Å². The summed E-state index contributed by atoms with van der Waals surface area (Å²) in [7, 11) is 0. The van der Waals surface area contributed by atoms with E-state index in [1.165, 1.54) is 12.0 Å². The maximum Gasteiger partial charge on any atom is 0.237 e. The van der Waals surface area contributed by atoms with E-state index >= 15 is 0 Å². The van der Waals surface area contributed by atoms with Gasteiger partial charge in [0.25, 0.3) is 0 Å². The topological polar surface area (TPSA) is 69.6 Å². The van der Waals surface area contributed by atoms with Crippen LogP contribution in [0.1, 0.15) is 82.8 Å². The first-order valence-electron chi connectivity index (χ1n) is 13.2. The summed E-state index contributed by atoms with van der Waals surface area (Å²) in [6, 6.07) is 6.08. The Labute approximate surface area is 203 Å². The Kier molecular flexibility index (Phi) is 7.22. The maximum absolute atomic E-state index is 10.4. The van der Waals surface area contributed by atoms with Crippen molar-refractivity contribution in [2.24, 2.45) is 17.8 Å². The van der Waals surface area contributed by atoms with Crippen LogP contribution in [-0.4, -0.2) is 47.9 Å². The highest BCUT2D eigenvalue weighted by Crippen LogP contribution is 2.51. The first kappa shape index (κ1) is 24.5. The molecule has 1 N–H and O–H groups in total. The highest BCUT2D eigenvalue weighted by atomic mass is 17.4. The highest BCUT2D eigenvalue weighted by molar-refractivity contribution is 5.38. The van der Waals surface area contributed by atoms with E-state index in [-0.39, 0.29) is 5.92 Å². The van der Waals surface area contributed by atoms with Crippen molar-refractivity contribution in [1.29, 1.82) is 0 Å². The van der Waals surface area contributed by atoms with Gasteiger partial charge in [0, 0.05) is 50.4 Å². The number of hydrogen-bond acceptors (Lipinski definition) is 7. The van der Waals surface area contributed by atoms with E-state index < -0.39 is 11.6 Å². The molecule has 2 spiro atoms. The van der Waals surface area contributed by atoms with Crippen molar-refractivity contribution >= 4 is 0 Å². The predicted molar refractivity (Wildman–Crippen MR) is 127 cm³/mol. The zero-order valence-corrected chi connectivity index (χ0v) is 21.0. The fourth-order valence-electron chi connectivity index (χ4n) is 6.32. The molecule has 2 saturated heterocycles. The molecule has 5 rings (SSSR count).